The zero-order chi connectivity index (χ0) is 18.2. The third kappa shape index (κ3) is 4.32. The second kappa shape index (κ2) is 5.69. The van der Waals surface area contributed by atoms with E-state index in [0.717, 1.165) is 0 Å². The van der Waals surface area contributed by atoms with Crippen LogP contribution >= 0.6 is 0 Å². The molecule has 0 heterocycles. The lowest BCUT2D eigenvalue weighted by Gasteiger charge is -2.38. The topological polar surface area (TPSA) is 38.3 Å². The summed E-state index contributed by atoms with van der Waals surface area (Å²) in [5, 5.41) is -0.113. The highest BCUT2D eigenvalue weighted by molar-refractivity contribution is 5.69. The van der Waals surface area contributed by atoms with Gasteiger partial charge in [0.15, 0.2) is 0 Å². The summed E-state index contributed by atoms with van der Waals surface area (Å²) in [7, 11) is 0. The molecule has 1 amide bonds. The number of carbonyl (C=O) groups excluding carboxylic acids is 1. The van der Waals surface area contributed by atoms with Gasteiger partial charge in [-0.1, -0.05) is 20.8 Å². The molecule has 22 heavy (non-hydrogen) atoms. The average Bonchev–Trinajstić information content (AvgIpc) is 2.16. The van der Waals surface area contributed by atoms with Crippen molar-refractivity contribution in [3.05, 3.63) is 0 Å². The van der Waals surface area contributed by atoms with Gasteiger partial charge in [-0.05, 0) is 5.41 Å². The molecule has 132 valence electrons. The number of nitrogens with one attached hydrogen (secondary N) is 1. The van der Waals surface area contributed by atoms with Crippen molar-refractivity contribution >= 4 is 6.09 Å². The smallest absolute Gasteiger partial charge is 0.429 e. The third-order valence-corrected chi connectivity index (χ3v) is 2.20. The first-order valence-corrected chi connectivity index (χ1v) is 5.50. The number of hydrogen-bond acceptors (Lipinski definition) is 2. The number of carbonyl (C=O) groups is 1. The molecular weight excluding hydrogens is 337 g/mol. The van der Waals surface area contributed by atoms with Gasteiger partial charge in [-0.15, -0.1) is 0 Å². The fraction of sp³-hybridized carbons (Fsp3) is 0.900. The Labute approximate surface area is 118 Å². The molecule has 0 aromatic carbocycles. The van der Waals surface area contributed by atoms with E-state index in [1.165, 1.54) is 20.8 Å². The van der Waals surface area contributed by atoms with Gasteiger partial charge >= 0.3 is 30.2 Å². The van der Waals surface area contributed by atoms with Crippen molar-refractivity contribution in [3.8, 4) is 0 Å². The first kappa shape index (κ1) is 20.6. The van der Waals surface area contributed by atoms with Crippen LogP contribution in [0.3, 0.4) is 0 Å². The molecule has 0 spiro atoms. The quantitative estimate of drug-likeness (QED) is 0.760. The minimum Gasteiger partial charge on any atom is -0.449 e. The molecule has 0 saturated heterocycles. The Morgan fingerprint density at radius 2 is 1.14 bits per heavy atom. The van der Waals surface area contributed by atoms with Gasteiger partial charge < -0.3 is 4.74 Å². The minimum absolute atomic E-state index is 0.113. The van der Waals surface area contributed by atoms with E-state index in [-0.39, 0.29) is 5.32 Å². The molecule has 1 N–H and O–H groups in total. The van der Waals surface area contributed by atoms with Crippen LogP contribution in [0.2, 0.25) is 0 Å². The van der Waals surface area contributed by atoms with Gasteiger partial charge in [0.05, 0.1) is 6.61 Å². The Morgan fingerprint density at radius 1 is 0.818 bits per heavy atom. The van der Waals surface area contributed by atoms with Crippen LogP contribution in [0.4, 0.5) is 44.3 Å². The van der Waals surface area contributed by atoms with E-state index in [0.29, 0.717) is 0 Å². The van der Waals surface area contributed by atoms with Gasteiger partial charge in [-0.2, -0.15) is 39.5 Å². The zero-order valence-corrected chi connectivity index (χ0v) is 11.4. The molecule has 0 aliphatic carbocycles. The van der Waals surface area contributed by atoms with Gasteiger partial charge in [0.25, 0.3) is 0 Å². The van der Waals surface area contributed by atoms with Crippen molar-refractivity contribution < 1.29 is 49.0 Å². The molecule has 0 aromatic heterocycles. The fourth-order valence-electron chi connectivity index (χ4n) is 1.17. The normalized spacial score (nSPS) is 14.7. The lowest BCUT2D eigenvalue weighted by molar-refractivity contribution is -0.387. The first-order valence-electron chi connectivity index (χ1n) is 5.50. The van der Waals surface area contributed by atoms with Crippen LogP contribution in [0, 0.1) is 5.41 Å². The van der Waals surface area contributed by atoms with Crippen LogP contribution in [0.15, 0.2) is 0 Å². The van der Waals surface area contributed by atoms with Crippen molar-refractivity contribution in [2.75, 3.05) is 6.61 Å². The molecule has 0 atom stereocenters. The molecule has 0 aliphatic heterocycles. The lowest BCUT2D eigenvalue weighted by atomic mass is 9.97. The summed E-state index contributed by atoms with van der Waals surface area (Å²) in [6.45, 7) is 3.49. The van der Waals surface area contributed by atoms with Crippen molar-refractivity contribution in [1.29, 1.82) is 0 Å². The van der Waals surface area contributed by atoms with Gasteiger partial charge in [-0.3, -0.25) is 5.32 Å². The number of hydrogen-bond donors (Lipinski definition) is 1. The van der Waals surface area contributed by atoms with E-state index in [1.54, 1.807) is 0 Å². The van der Waals surface area contributed by atoms with Crippen LogP contribution in [0.1, 0.15) is 20.8 Å². The summed E-state index contributed by atoms with van der Waals surface area (Å²) in [6, 6.07) is 0. The van der Waals surface area contributed by atoms with E-state index in [1.807, 2.05) is 0 Å². The predicted octanol–water partition coefficient (Wildman–Crippen LogP) is 4.18. The molecular formula is C10H12F9NO2. The lowest BCUT2D eigenvalue weighted by Crippen LogP contribution is -2.75. The maximum Gasteiger partial charge on any atom is 0.429 e. The largest absolute Gasteiger partial charge is 0.449 e. The van der Waals surface area contributed by atoms with E-state index >= 15 is 0 Å². The standard InChI is InChI=1S/C10H12F9NO2/c1-6(2,3)4-22-5(21)20-7(8(11,12)13,9(14,15)16)10(17,18)19/h4H2,1-3H3,(H,20,21). The second-order valence-electron chi connectivity index (χ2n) is 5.51. The summed E-state index contributed by atoms with van der Waals surface area (Å²) in [5.41, 5.74) is -7.29. The number of halogens is 9. The minimum atomic E-state index is -6.87. The molecule has 0 aliphatic rings. The summed E-state index contributed by atoms with van der Waals surface area (Å²) in [6.07, 6.45) is -23.1. The van der Waals surface area contributed by atoms with E-state index in [2.05, 4.69) is 4.74 Å². The highest BCUT2D eigenvalue weighted by Crippen LogP contribution is 2.52. The highest BCUT2D eigenvalue weighted by Gasteiger charge is 2.85. The van der Waals surface area contributed by atoms with E-state index in [9.17, 15) is 44.3 Å². The van der Waals surface area contributed by atoms with Crippen LogP contribution in [0.25, 0.3) is 0 Å². The number of ether oxygens (including phenoxy) is 1. The number of alkyl halides is 9. The van der Waals surface area contributed by atoms with Gasteiger partial charge in [-0.25, -0.2) is 4.79 Å². The van der Waals surface area contributed by atoms with Gasteiger partial charge in [0.1, 0.15) is 0 Å². The van der Waals surface area contributed by atoms with Crippen LogP contribution in [-0.2, 0) is 4.74 Å². The number of alkyl carbamates (subject to hydrolysis) is 1. The summed E-state index contributed by atoms with van der Waals surface area (Å²) in [5.74, 6) is 0. The van der Waals surface area contributed by atoms with Crippen LogP contribution in [0.5, 0.6) is 0 Å². The summed E-state index contributed by atoms with van der Waals surface area (Å²) in [4.78, 5) is 11.0. The van der Waals surface area contributed by atoms with Crippen LogP contribution in [-0.4, -0.2) is 36.8 Å². The zero-order valence-electron chi connectivity index (χ0n) is 11.4. The maximum absolute atomic E-state index is 12.5. The predicted molar refractivity (Wildman–Crippen MR) is 54.8 cm³/mol. The van der Waals surface area contributed by atoms with Crippen molar-refractivity contribution in [2.45, 2.75) is 44.8 Å². The SMILES string of the molecule is CC(C)(C)COC(=O)NC(C(F)(F)F)(C(F)(F)F)C(F)(F)F. The van der Waals surface area contributed by atoms with Crippen molar-refractivity contribution in [2.24, 2.45) is 5.41 Å². The number of amides is 1. The third-order valence-electron chi connectivity index (χ3n) is 2.20. The molecule has 12 heteroatoms. The molecule has 0 aromatic rings. The molecule has 0 rings (SSSR count). The Bertz CT molecular complexity index is 367. The summed E-state index contributed by atoms with van der Waals surface area (Å²) < 4.78 is 116. The Balaban J connectivity index is 5.68. The molecule has 3 nitrogen and oxygen atoms in total. The molecule has 0 radical (unpaired) electrons. The Hall–Kier alpha value is -1.36. The highest BCUT2D eigenvalue weighted by atomic mass is 19.4. The van der Waals surface area contributed by atoms with E-state index in [4.69, 9.17) is 0 Å². The molecule has 0 unspecified atom stereocenters. The van der Waals surface area contributed by atoms with Gasteiger partial charge in [0, 0.05) is 0 Å². The Kier molecular flexibility index (Phi) is 5.34. The average molecular weight is 349 g/mol. The molecule has 0 bridgehead atoms. The summed E-state index contributed by atoms with van der Waals surface area (Å²) >= 11 is 0. The van der Waals surface area contributed by atoms with Crippen molar-refractivity contribution in [3.63, 3.8) is 0 Å². The van der Waals surface area contributed by atoms with E-state index < -0.39 is 42.2 Å². The maximum atomic E-state index is 12.5. The molecule has 0 saturated carbocycles. The van der Waals surface area contributed by atoms with Crippen molar-refractivity contribution in [1.82, 2.24) is 5.32 Å². The van der Waals surface area contributed by atoms with Gasteiger partial charge in [0.2, 0.25) is 0 Å². The Morgan fingerprint density at radius 3 is 1.36 bits per heavy atom. The fourth-order valence-corrected chi connectivity index (χ4v) is 1.17. The monoisotopic (exact) mass is 349 g/mol. The second-order valence-corrected chi connectivity index (χ2v) is 5.51. The van der Waals surface area contributed by atoms with Crippen LogP contribution < -0.4 is 5.32 Å². The molecule has 0 fully saturated rings. The first-order chi connectivity index (χ1) is 9.35. The number of rotatable bonds is 2.